The van der Waals surface area contributed by atoms with Crippen molar-refractivity contribution in [1.29, 1.82) is 0 Å². The number of pyridine rings is 1. The van der Waals surface area contributed by atoms with Crippen molar-refractivity contribution < 1.29 is 9.53 Å². The third-order valence-electron chi connectivity index (χ3n) is 4.31. The Morgan fingerprint density at radius 3 is 2.69 bits per heavy atom. The second-order valence-corrected chi connectivity index (χ2v) is 6.79. The molecule has 0 aliphatic heterocycles. The van der Waals surface area contributed by atoms with Crippen LogP contribution in [0.25, 0.3) is 0 Å². The second kappa shape index (κ2) is 8.12. The van der Waals surface area contributed by atoms with Crippen LogP contribution in [0.1, 0.15) is 47.4 Å². The molecule has 0 radical (unpaired) electrons. The summed E-state index contributed by atoms with van der Waals surface area (Å²) >= 11 is 0. The van der Waals surface area contributed by atoms with E-state index in [1.165, 1.54) is 12.8 Å². The van der Waals surface area contributed by atoms with Crippen molar-refractivity contribution in [2.75, 3.05) is 19.0 Å². The summed E-state index contributed by atoms with van der Waals surface area (Å²) in [5.74, 6) is 1.02. The molecule has 0 saturated heterocycles. The molecule has 1 aliphatic carbocycles. The summed E-state index contributed by atoms with van der Waals surface area (Å²) in [6.07, 6.45) is 6.39. The third kappa shape index (κ3) is 4.68. The van der Waals surface area contributed by atoms with Gasteiger partial charge in [-0.05, 0) is 44.7 Å². The molecule has 26 heavy (non-hydrogen) atoms. The Morgan fingerprint density at radius 2 is 2.04 bits per heavy atom. The molecule has 7 nitrogen and oxygen atoms in total. The van der Waals surface area contributed by atoms with E-state index in [4.69, 9.17) is 4.74 Å². The second-order valence-electron chi connectivity index (χ2n) is 6.79. The number of amides is 1. The van der Waals surface area contributed by atoms with Crippen molar-refractivity contribution in [1.82, 2.24) is 20.3 Å². The number of aryl methyl sites for hydroxylation is 1. The lowest BCUT2D eigenvalue weighted by Crippen LogP contribution is -2.24. The summed E-state index contributed by atoms with van der Waals surface area (Å²) in [7, 11) is 3.77. The van der Waals surface area contributed by atoms with E-state index in [0.717, 1.165) is 24.2 Å². The molecule has 1 amide bonds. The molecular formula is C19H25N5O2. The predicted molar refractivity (Wildman–Crippen MR) is 99.4 cm³/mol. The first-order valence-corrected chi connectivity index (χ1v) is 8.94. The Balaban J connectivity index is 1.58. The molecule has 2 heterocycles. The first-order chi connectivity index (χ1) is 12.5. The van der Waals surface area contributed by atoms with Gasteiger partial charge in [-0.3, -0.25) is 4.79 Å². The molecular weight excluding hydrogens is 330 g/mol. The van der Waals surface area contributed by atoms with Gasteiger partial charge in [-0.15, -0.1) is 0 Å². The molecule has 0 bridgehead atoms. The molecule has 0 spiro atoms. The van der Waals surface area contributed by atoms with Crippen LogP contribution in [0, 0.1) is 6.92 Å². The first kappa shape index (κ1) is 18.1. The number of ether oxygens (including phenoxy) is 1. The molecule has 1 N–H and O–H groups in total. The van der Waals surface area contributed by atoms with E-state index >= 15 is 0 Å². The van der Waals surface area contributed by atoms with Crippen LogP contribution in [0.15, 0.2) is 24.4 Å². The average molecular weight is 355 g/mol. The topological polar surface area (TPSA) is 80.2 Å². The van der Waals surface area contributed by atoms with Crippen LogP contribution in [0.5, 0.6) is 5.88 Å². The minimum Gasteiger partial charge on any atom is -0.474 e. The van der Waals surface area contributed by atoms with Crippen LogP contribution in [-0.4, -0.2) is 41.1 Å². The maximum absolute atomic E-state index is 12.3. The van der Waals surface area contributed by atoms with Crippen molar-refractivity contribution in [3.05, 3.63) is 41.3 Å². The van der Waals surface area contributed by atoms with Gasteiger partial charge in [-0.25, -0.2) is 15.0 Å². The largest absolute Gasteiger partial charge is 0.474 e. The summed E-state index contributed by atoms with van der Waals surface area (Å²) in [6.45, 7) is 2.25. The van der Waals surface area contributed by atoms with Crippen LogP contribution in [0.2, 0.25) is 0 Å². The number of nitrogens with one attached hydrogen (secondary N) is 1. The van der Waals surface area contributed by atoms with Gasteiger partial charge in [0.15, 0.2) is 0 Å². The van der Waals surface area contributed by atoms with E-state index in [-0.39, 0.29) is 12.0 Å². The number of aromatic nitrogens is 3. The first-order valence-electron chi connectivity index (χ1n) is 8.94. The lowest BCUT2D eigenvalue weighted by molar-refractivity contribution is 0.0950. The maximum atomic E-state index is 12.3. The fraction of sp³-hybridized carbons (Fsp3) is 0.474. The lowest BCUT2D eigenvalue weighted by Gasteiger charge is -2.13. The minimum absolute atomic E-state index is 0.187. The van der Waals surface area contributed by atoms with Crippen LogP contribution in [-0.2, 0) is 6.54 Å². The van der Waals surface area contributed by atoms with Gasteiger partial charge in [-0.2, -0.15) is 0 Å². The Kier molecular flexibility index (Phi) is 5.65. The summed E-state index contributed by atoms with van der Waals surface area (Å²) < 4.78 is 5.82. The van der Waals surface area contributed by atoms with Gasteiger partial charge in [0.25, 0.3) is 5.91 Å². The predicted octanol–water partition coefficient (Wildman–Crippen LogP) is 2.50. The molecule has 1 saturated carbocycles. The molecule has 7 heteroatoms. The average Bonchev–Trinajstić information content (AvgIpc) is 3.13. The van der Waals surface area contributed by atoms with E-state index in [9.17, 15) is 4.79 Å². The highest BCUT2D eigenvalue weighted by atomic mass is 16.5. The third-order valence-corrected chi connectivity index (χ3v) is 4.31. The van der Waals surface area contributed by atoms with Crippen LogP contribution in [0.3, 0.4) is 0 Å². The highest BCUT2D eigenvalue weighted by Crippen LogP contribution is 2.22. The zero-order chi connectivity index (χ0) is 18.5. The van der Waals surface area contributed by atoms with Gasteiger partial charge in [0.1, 0.15) is 6.10 Å². The van der Waals surface area contributed by atoms with E-state index < -0.39 is 0 Å². The quantitative estimate of drug-likeness (QED) is 0.857. The molecule has 0 atom stereocenters. The number of hydrogen-bond acceptors (Lipinski definition) is 6. The van der Waals surface area contributed by atoms with Crippen molar-refractivity contribution in [2.45, 2.75) is 45.3 Å². The molecule has 0 unspecified atom stereocenters. The smallest absolute Gasteiger partial charge is 0.253 e. The normalized spacial score (nSPS) is 14.3. The van der Waals surface area contributed by atoms with Gasteiger partial charge in [0.2, 0.25) is 11.8 Å². The van der Waals surface area contributed by atoms with Gasteiger partial charge in [0.05, 0.1) is 17.8 Å². The van der Waals surface area contributed by atoms with Crippen LogP contribution >= 0.6 is 0 Å². The van der Waals surface area contributed by atoms with Gasteiger partial charge >= 0.3 is 0 Å². The fourth-order valence-electron chi connectivity index (χ4n) is 2.94. The molecule has 2 aromatic heterocycles. The molecule has 2 aromatic rings. The fourth-order valence-corrected chi connectivity index (χ4v) is 2.94. The number of anilines is 1. The molecule has 1 fully saturated rings. The zero-order valence-electron chi connectivity index (χ0n) is 15.5. The number of nitrogens with zero attached hydrogens (tertiary/aromatic N) is 4. The molecule has 1 aliphatic rings. The van der Waals surface area contributed by atoms with E-state index in [2.05, 4.69) is 20.3 Å². The SMILES string of the molecule is Cc1cc(CNC(=O)c2ccc(OC3CCCC3)nc2)nc(N(C)C)n1. The van der Waals surface area contributed by atoms with Gasteiger partial charge in [0, 0.05) is 32.1 Å². The highest BCUT2D eigenvalue weighted by Gasteiger charge is 2.17. The molecule has 3 rings (SSSR count). The summed E-state index contributed by atoms with van der Waals surface area (Å²) in [5.41, 5.74) is 2.13. The Labute approximate surface area is 153 Å². The Hall–Kier alpha value is -2.70. The minimum atomic E-state index is -0.187. The summed E-state index contributed by atoms with van der Waals surface area (Å²) in [4.78, 5) is 27.2. The Morgan fingerprint density at radius 1 is 1.27 bits per heavy atom. The number of hydrogen-bond donors (Lipinski definition) is 1. The maximum Gasteiger partial charge on any atom is 0.253 e. The van der Waals surface area contributed by atoms with Crippen LogP contribution in [0.4, 0.5) is 5.95 Å². The zero-order valence-corrected chi connectivity index (χ0v) is 15.5. The van der Waals surface area contributed by atoms with Crippen molar-refractivity contribution >= 4 is 11.9 Å². The molecule has 0 aromatic carbocycles. The van der Waals surface area contributed by atoms with Gasteiger partial charge < -0.3 is 15.0 Å². The Bertz CT molecular complexity index is 755. The lowest BCUT2D eigenvalue weighted by atomic mass is 10.2. The van der Waals surface area contributed by atoms with E-state index in [1.54, 1.807) is 18.3 Å². The standard InChI is InChI=1S/C19H25N5O2/c1-13-10-15(23-19(22-13)24(2)3)12-21-18(25)14-8-9-17(20-11-14)26-16-6-4-5-7-16/h8-11,16H,4-7,12H2,1-3H3,(H,21,25). The van der Waals surface area contributed by atoms with E-state index in [0.29, 0.717) is 23.9 Å². The molecule has 138 valence electrons. The van der Waals surface area contributed by atoms with E-state index in [1.807, 2.05) is 32.0 Å². The number of carbonyl (C=O) groups excluding carboxylic acids is 1. The van der Waals surface area contributed by atoms with Crippen molar-refractivity contribution in [2.24, 2.45) is 0 Å². The summed E-state index contributed by atoms with van der Waals surface area (Å²) in [5, 5.41) is 2.87. The number of rotatable bonds is 6. The van der Waals surface area contributed by atoms with Crippen molar-refractivity contribution in [3.63, 3.8) is 0 Å². The summed E-state index contributed by atoms with van der Waals surface area (Å²) in [6, 6.07) is 5.36. The monoisotopic (exact) mass is 355 g/mol. The number of carbonyl (C=O) groups is 1. The van der Waals surface area contributed by atoms with Gasteiger partial charge in [-0.1, -0.05) is 0 Å². The van der Waals surface area contributed by atoms with Crippen molar-refractivity contribution in [3.8, 4) is 5.88 Å². The van der Waals surface area contributed by atoms with Crippen LogP contribution < -0.4 is 15.0 Å². The highest BCUT2D eigenvalue weighted by molar-refractivity contribution is 5.93.